The van der Waals surface area contributed by atoms with Crippen molar-refractivity contribution in [2.75, 3.05) is 11.8 Å². The van der Waals surface area contributed by atoms with Gasteiger partial charge in [-0.3, -0.25) is 4.72 Å². The highest BCUT2D eigenvalue weighted by Crippen LogP contribution is 2.22. The van der Waals surface area contributed by atoms with E-state index in [1.54, 1.807) is 0 Å². The number of carbonyl (C=O) groups is 1. The van der Waals surface area contributed by atoms with Crippen molar-refractivity contribution in [3.05, 3.63) is 59.7 Å². The predicted octanol–water partition coefficient (Wildman–Crippen LogP) is 2.55. The highest BCUT2D eigenvalue weighted by atomic mass is 32.2. The first-order valence-corrected chi connectivity index (χ1v) is 7.48. The fourth-order valence-electron chi connectivity index (χ4n) is 1.76. The van der Waals surface area contributed by atoms with E-state index >= 15 is 0 Å². The molecule has 0 aliphatic carbocycles. The summed E-state index contributed by atoms with van der Waals surface area (Å²) >= 11 is 0. The van der Waals surface area contributed by atoms with Crippen molar-refractivity contribution in [3.63, 3.8) is 0 Å². The van der Waals surface area contributed by atoms with Gasteiger partial charge in [0.2, 0.25) is 0 Å². The van der Waals surface area contributed by atoms with Crippen molar-refractivity contribution in [2.24, 2.45) is 0 Å². The number of halogens is 2. The van der Waals surface area contributed by atoms with Crippen LogP contribution in [0.5, 0.6) is 0 Å². The van der Waals surface area contributed by atoms with Gasteiger partial charge < -0.3 is 4.74 Å². The van der Waals surface area contributed by atoms with Gasteiger partial charge in [-0.2, -0.15) is 0 Å². The molecule has 0 aliphatic heterocycles. The van der Waals surface area contributed by atoms with E-state index in [9.17, 15) is 22.0 Å². The third-order valence-electron chi connectivity index (χ3n) is 2.75. The molecule has 2 aromatic carbocycles. The van der Waals surface area contributed by atoms with E-state index in [2.05, 4.69) is 4.74 Å². The number of carbonyl (C=O) groups excluding carboxylic acids is 1. The Morgan fingerprint density at radius 2 is 1.82 bits per heavy atom. The average Bonchev–Trinajstić information content (AvgIpc) is 2.50. The minimum Gasteiger partial charge on any atom is -0.465 e. The van der Waals surface area contributed by atoms with E-state index in [1.165, 1.54) is 18.2 Å². The van der Waals surface area contributed by atoms with Gasteiger partial charge in [0.25, 0.3) is 10.0 Å². The number of benzene rings is 2. The molecule has 0 atom stereocenters. The number of sulfonamides is 1. The minimum atomic E-state index is -4.30. The van der Waals surface area contributed by atoms with Crippen LogP contribution in [0.4, 0.5) is 14.5 Å². The summed E-state index contributed by atoms with van der Waals surface area (Å²) in [6.07, 6.45) is 0. The third kappa shape index (κ3) is 3.22. The topological polar surface area (TPSA) is 72.5 Å². The van der Waals surface area contributed by atoms with Crippen molar-refractivity contribution in [3.8, 4) is 0 Å². The molecule has 0 unspecified atom stereocenters. The number of nitrogens with one attached hydrogen (secondary N) is 1. The Hall–Kier alpha value is -2.48. The summed E-state index contributed by atoms with van der Waals surface area (Å²) in [5, 5.41) is 0. The molecule has 0 aromatic heterocycles. The molecular weight excluding hydrogens is 316 g/mol. The van der Waals surface area contributed by atoms with Crippen LogP contribution in [0.3, 0.4) is 0 Å². The van der Waals surface area contributed by atoms with E-state index in [4.69, 9.17) is 0 Å². The maximum absolute atomic E-state index is 13.6. The predicted molar refractivity (Wildman–Crippen MR) is 74.9 cm³/mol. The molecule has 2 aromatic rings. The Labute approximate surface area is 125 Å². The summed E-state index contributed by atoms with van der Waals surface area (Å²) in [5.41, 5.74) is -0.769. The molecule has 0 fully saturated rings. The molecule has 0 saturated carbocycles. The van der Waals surface area contributed by atoms with Crippen molar-refractivity contribution < 1.29 is 26.7 Å². The van der Waals surface area contributed by atoms with Crippen LogP contribution in [0, 0.1) is 11.6 Å². The summed E-state index contributed by atoms with van der Waals surface area (Å²) in [4.78, 5) is 11.2. The van der Waals surface area contributed by atoms with Gasteiger partial charge in [-0.15, -0.1) is 0 Å². The lowest BCUT2D eigenvalue weighted by Gasteiger charge is -2.11. The Morgan fingerprint density at radius 3 is 2.50 bits per heavy atom. The van der Waals surface area contributed by atoms with E-state index in [0.29, 0.717) is 6.07 Å². The molecule has 116 valence electrons. The second kappa shape index (κ2) is 6.10. The molecule has 8 heteroatoms. The summed E-state index contributed by atoms with van der Waals surface area (Å²) < 4.78 is 57.7. The van der Waals surface area contributed by atoms with Crippen LogP contribution in [0.15, 0.2) is 47.4 Å². The van der Waals surface area contributed by atoms with Gasteiger partial charge in [-0.05, 0) is 24.3 Å². The molecule has 5 nitrogen and oxygen atoms in total. The Balaban J connectivity index is 2.48. The van der Waals surface area contributed by atoms with Crippen LogP contribution in [0.2, 0.25) is 0 Å². The lowest BCUT2D eigenvalue weighted by Crippen LogP contribution is -2.18. The van der Waals surface area contributed by atoms with Crippen molar-refractivity contribution >= 4 is 21.7 Å². The van der Waals surface area contributed by atoms with Crippen molar-refractivity contribution in [1.29, 1.82) is 0 Å². The molecule has 22 heavy (non-hydrogen) atoms. The zero-order chi connectivity index (χ0) is 16.3. The Morgan fingerprint density at radius 1 is 1.14 bits per heavy atom. The van der Waals surface area contributed by atoms with Crippen LogP contribution in [-0.4, -0.2) is 21.5 Å². The fourth-order valence-corrected chi connectivity index (χ4v) is 3.01. The van der Waals surface area contributed by atoms with Crippen molar-refractivity contribution in [2.45, 2.75) is 4.90 Å². The summed E-state index contributed by atoms with van der Waals surface area (Å²) in [5.74, 6) is -2.61. The van der Waals surface area contributed by atoms with Crippen LogP contribution >= 0.6 is 0 Å². The van der Waals surface area contributed by atoms with Gasteiger partial charge in [0.15, 0.2) is 0 Å². The zero-order valence-corrected chi connectivity index (χ0v) is 12.2. The summed E-state index contributed by atoms with van der Waals surface area (Å²) in [6.45, 7) is 0. The molecule has 0 saturated heterocycles. The van der Waals surface area contributed by atoms with E-state index in [-0.39, 0.29) is 5.56 Å². The maximum Gasteiger partial charge on any atom is 0.339 e. The zero-order valence-electron chi connectivity index (χ0n) is 11.3. The Bertz CT molecular complexity index is 821. The molecule has 0 bridgehead atoms. The van der Waals surface area contributed by atoms with Gasteiger partial charge in [0, 0.05) is 6.07 Å². The summed E-state index contributed by atoms with van der Waals surface area (Å²) in [6, 6.07) is 7.60. The number of methoxy groups -OCH3 is 1. The normalized spacial score (nSPS) is 11.0. The number of anilines is 1. The van der Waals surface area contributed by atoms with Gasteiger partial charge in [0.05, 0.1) is 18.4 Å². The molecule has 0 heterocycles. The largest absolute Gasteiger partial charge is 0.465 e. The minimum absolute atomic E-state index is 0.214. The molecule has 0 radical (unpaired) electrons. The number of hydrogen-bond donors (Lipinski definition) is 1. The molecule has 0 amide bonds. The highest BCUT2D eigenvalue weighted by molar-refractivity contribution is 7.92. The maximum atomic E-state index is 13.6. The average molecular weight is 327 g/mol. The van der Waals surface area contributed by atoms with Gasteiger partial charge >= 0.3 is 5.97 Å². The van der Waals surface area contributed by atoms with E-state index < -0.39 is 38.2 Å². The smallest absolute Gasteiger partial charge is 0.339 e. The lowest BCUT2D eigenvalue weighted by molar-refractivity contribution is 0.0596. The van der Waals surface area contributed by atoms with Gasteiger partial charge in [-0.1, -0.05) is 12.1 Å². The fraction of sp³-hybridized carbons (Fsp3) is 0.0714. The van der Waals surface area contributed by atoms with E-state index in [0.717, 1.165) is 25.3 Å². The van der Waals surface area contributed by atoms with Crippen LogP contribution in [0.1, 0.15) is 10.4 Å². The third-order valence-corrected chi connectivity index (χ3v) is 4.18. The molecule has 0 spiro atoms. The van der Waals surface area contributed by atoms with Crippen molar-refractivity contribution in [1.82, 2.24) is 0 Å². The van der Waals surface area contributed by atoms with E-state index in [1.807, 2.05) is 4.72 Å². The Kier molecular flexibility index (Phi) is 4.41. The molecule has 1 N–H and O–H groups in total. The monoisotopic (exact) mass is 327 g/mol. The first-order valence-electron chi connectivity index (χ1n) is 6.00. The SMILES string of the molecule is COC(=O)c1ccccc1S(=O)(=O)Nc1cc(F)ccc1F. The second-order valence-electron chi connectivity index (χ2n) is 4.22. The molecule has 2 rings (SSSR count). The number of rotatable bonds is 4. The van der Waals surface area contributed by atoms with Crippen LogP contribution < -0.4 is 4.72 Å². The standard InChI is InChI=1S/C14H11F2NO4S/c1-21-14(18)10-4-2-3-5-13(10)22(19,20)17-12-8-9(15)6-7-11(12)16/h2-8,17H,1H3. The van der Waals surface area contributed by atoms with Gasteiger partial charge in [-0.25, -0.2) is 22.0 Å². The molecule has 0 aliphatic rings. The highest BCUT2D eigenvalue weighted by Gasteiger charge is 2.23. The lowest BCUT2D eigenvalue weighted by atomic mass is 10.2. The van der Waals surface area contributed by atoms with Gasteiger partial charge in [0.1, 0.15) is 16.5 Å². The first kappa shape index (κ1) is 15.9. The second-order valence-corrected chi connectivity index (χ2v) is 5.87. The number of esters is 1. The molecular formula is C14H11F2NO4S. The number of hydrogen-bond acceptors (Lipinski definition) is 4. The quantitative estimate of drug-likeness (QED) is 0.876. The van der Waals surface area contributed by atoms with Crippen LogP contribution in [0.25, 0.3) is 0 Å². The van der Waals surface area contributed by atoms with Crippen LogP contribution in [-0.2, 0) is 14.8 Å². The first-order chi connectivity index (χ1) is 10.3. The summed E-state index contributed by atoms with van der Waals surface area (Å²) in [7, 11) is -3.19. The number of ether oxygens (including phenoxy) is 1.